The lowest BCUT2D eigenvalue weighted by Gasteiger charge is -2.66. The summed E-state index contributed by atoms with van der Waals surface area (Å²) in [5, 5.41) is 226. The molecule has 0 aromatic heterocycles. The average Bonchev–Trinajstić information content (AvgIpc) is 1.64. The largest absolute Gasteiger partial charge is 0.394 e. The zero-order valence-electron chi connectivity index (χ0n) is 57.3. The normalized spacial score (nSPS) is 51.7. The van der Waals surface area contributed by atoms with Gasteiger partial charge in [-0.3, -0.25) is 0 Å². The van der Waals surface area contributed by atoms with Gasteiger partial charge in [0.05, 0.1) is 57.5 Å². The molecule has 574 valence electrons. The van der Waals surface area contributed by atoms with Crippen LogP contribution in [-0.2, 0) is 56.8 Å². The maximum Gasteiger partial charge on any atom is 0.187 e. The number of aliphatic hydroxyl groups is 21. The summed E-state index contributed by atoms with van der Waals surface area (Å²) < 4.78 is 72.2. The van der Waals surface area contributed by atoms with Crippen molar-refractivity contribution >= 4 is 0 Å². The predicted molar refractivity (Wildman–Crippen MR) is 331 cm³/mol. The Morgan fingerprint density at radius 3 is 1.29 bits per heavy atom. The summed E-state index contributed by atoms with van der Waals surface area (Å²) in [6.07, 6.45) is -44.7. The first-order chi connectivity index (χ1) is 46.4. The Morgan fingerprint density at radius 1 is 0.444 bits per heavy atom. The van der Waals surface area contributed by atoms with Crippen LogP contribution in [0.3, 0.4) is 0 Å². The third-order valence-electron chi connectivity index (χ3n) is 24.9. The van der Waals surface area contributed by atoms with Crippen molar-refractivity contribution < 1.29 is 164 Å². The van der Waals surface area contributed by atoms with Crippen LogP contribution in [0.15, 0.2) is 11.6 Å². The third-order valence-corrected chi connectivity index (χ3v) is 24.9. The van der Waals surface area contributed by atoms with Gasteiger partial charge in [-0.2, -0.15) is 0 Å². The Bertz CT molecular complexity index is 2630. The van der Waals surface area contributed by atoms with E-state index >= 15 is 0 Å². The van der Waals surface area contributed by atoms with Gasteiger partial charge in [-0.15, -0.1) is 0 Å². The van der Waals surface area contributed by atoms with Crippen molar-refractivity contribution in [3.8, 4) is 0 Å². The average molecular weight is 1430 g/mol. The second-order valence-corrected chi connectivity index (χ2v) is 31.4. The van der Waals surface area contributed by atoms with Crippen LogP contribution in [0.2, 0.25) is 0 Å². The Balaban J connectivity index is 0.842. The molecular weight excluding hydrogens is 1320 g/mol. The van der Waals surface area contributed by atoms with E-state index in [2.05, 4.69) is 47.6 Å². The highest BCUT2D eigenvalue weighted by Crippen LogP contribution is 2.75. The van der Waals surface area contributed by atoms with E-state index in [0.717, 1.165) is 37.7 Å². The lowest BCUT2D eigenvalue weighted by Crippen LogP contribution is -2.66. The van der Waals surface area contributed by atoms with E-state index in [0.29, 0.717) is 19.3 Å². The van der Waals surface area contributed by atoms with Gasteiger partial charge in [0.1, 0.15) is 146 Å². The van der Waals surface area contributed by atoms with E-state index in [4.69, 9.17) is 56.8 Å². The molecule has 6 saturated heterocycles. The first-order valence-corrected chi connectivity index (χ1v) is 35.0. The van der Waals surface area contributed by atoms with Crippen LogP contribution in [-0.4, -0.2) is 349 Å². The van der Waals surface area contributed by atoms with Crippen LogP contribution in [0.5, 0.6) is 0 Å². The van der Waals surface area contributed by atoms with Crippen LogP contribution >= 0.6 is 0 Å². The fraction of sp³-hybridized carbons (Fsp3) is 0.970. The molecule has 10 rings (SSSR count). The van der Waals surface area contributed by atoms with Crippen molar-refractivity contribution in [1.29, 1.82) is 0 Å². The van der Waals surface area contributed by atoms with Crippen molar-refractivity contribution in [2.45, 2.75) is 315 Å². The Labute approximate surface area is 574 Å². The molecule has 0 bridgehead atoms. The summed E-state index contributed by atoms with van der Waals surface area (Å²) >= 11 is 0. The number of aliphatic hydroxyl groups excluding tert-OH is 20. The summed E-state index contributed by atoms with van der Waals surface area (Å²) in [6, 6.07) is 0. The molecule has 33 nitrogen and oxygen atoms in total. The van der Waals surface area contributed by atoms with Gasteiger partial charge in [-0.25, -0.2) is 0 Å². The molecule has 3 saturated carbocycles. The minimum Gasteiger partial charge on any atom is -0.394 e. The molecule has 99 heavy (non-hydrogen) atoms. The summed E-state index contributed by atoms with van der Waals surface area (Å²) in [5.41, 5.74) is -1.75. The van der Waals surface area contributed by atoms with Gasteiger partial charge >= 0.3 is 0 Å². The smallest absolute Gasteiger partial charge is 0.187 e. The number of rotatable bonds is 23. The minimum atomic E-state index is -1.96. The third kappa shape index (κ3) is 15.0. The van der Waals surface area contributed by atoms with Crippen molar-refractivity contribution in [2.24, 2.45) is 45.3 Å². The quantitative estimate of drug-likeness (QED) is 0.0423. The van der Waals surface area contributed by atoms with Crippen LogP contribution in [0.25, 0.3) is 0 Å². The second kappa shape index (κ2) is 31.3. The van der Waals surface area contributed by atoms with Crippen LogP contribution < -0.4 is 0 Å². The SMILES string of the molecule is CC(CCC(OC1OC(COC2OC(CO)C(O)C(O)C2O)C(O)C(O)C1OC1OC(CO)C(O)C(O)C1O)C(C)(C)O)C1CCC2(C)C3CC=C4C(CCC(OC5OC(COC6OC(CO)C(O)C(O)C6O)C(O)C(O)C5OC5OC(CO)C(O)C(O)C5O)C4(C)C)C3(C)CCC12C. The summed E-state index contributed by atoms with van der Waals surface area (Å²) in [5.74, 6) is 0.523. The highest BCUT2D eigenvalue weighted by molar-refractivity contribution is 5.31. The van der Waals surface area contributed by atoms with Gasteiger partial charge in [-0.05, 0) is 112 Å². The molecule has 6 aliphatic heterocycles. The molecule has 39 atom stereocenters. The number of hydrogen-bond donors (Lipinski definition) is 21. The Hall–Kier alpha value is -1.58. The Kier molecular flexibility index (Phi) is 25.3. The van der Waals surface area contributed by atoms with E-state index in [9.17, 15) is 107 Å². The van der Waals surface area contributed by atoms with Crippen LogP contribution in [0.4, 0.5) is 0 Å². The number of fused-ring (bicyclic) bond motifs is 5. The highest BCUT2D eigenvalue weighted by atomic mass is 16.8. The molecule has 21 N–H and O–H groups in total. The molecule has 0 aromatic rings. The van der Waals surface area contributed by atoms with Gasteiger partial charge in [0.25, 0.3) is 0 Å². The highest BCUT2D eigenvalue weighted by Gasteiger charge is 2.68. The predicted octanol–water partition coefficient (Wildman–Crippen LogP) is -6.55. The molecule has 0 aromatic carbocycles. The van der Waals surface area contributed by atoms with Gasteiger partial charge in [-0.1, -0.05) is 53.2 Å². The summed E-state index contributed by atoms with van der Waals surface area (Å²) in [6.45, 7) is 12.2. The standard InChI is InChI=1S/C66H112O33/c1-25(9-13-37(63(4,5)87)97-61-55(99-59-53(86)47(80)41(74)32(22-70)93-59)49(82)43(76)34(95-61)24-89-57-51(84)45(78)39(72)30(20-68)91-57)26-15-16-66(8)35-12-10-27-28(64(35,6)17-18-65(26,66)7)11-14-36(62(27,2)3)96-60-54(98-58-52(85)46(79)40(73)31(21-69)92-58)48(81)42(75)33(94-60)23-88-56-50(83)44(77)38(71)29(19-67)90-56/h10,25-26,28-61,67-87H,9,11-24H2,1-8H3. The summed E-state index contributed by atoms with van der Waals surface area (Å²) in [4.78, 5) is 0. The molecule has 0 radical (unpaired) electrons. The lowest BCUT2D eigenvalue weighted by atomic mass is 9.39. The fourth-order valence-electron chi connectivity index (χ4n) is 18.4. The number of allylic oxidation sites excluding steroid dienone is 1. The number of ether oxygens (including phenoxy) is 12. The zero-order valence-corrected chi connectivity index (χ0v) is 57.3. The van der Waals surface area contributed by atoms with E-state index < -0.39 is 247 Å². The first kappa shape index (κ1) is 80.0. The van der Waals surface area contributed by atoms with Gasteiger partial charge in [0.2, 0.25) is 0 Å². The lowest BCUT2D eigenvalue weighted by molar-refractivity contribution is -0.380. The van der Waals surface area contributed by atoms with Gasteiger partial charge < -0.3 is 164 Å². The van der Waals surface area contributed by atoms with Crippen molar-refractivity contribution in [3.63, 3.8) is 0 Å². The van der Waals surface area contributed by atoms with Gasteiger partial charge in [0.15, 0.2) is 37.7 Å². The van der Waals surface area contributed by atoms with Gasteiger partial charge in [0, 0.05) is 5.41 Å². The van der Waals surface area contributed by atoms with Crippen LogP contribution in [0.1, 0.15) is 113 Å². The molecule has 39 unspecified atom stereocenters. The van der Waals surface area contributed by atoms with E-state index in [1.807, 2.05) is 0 Å². The molecule has 33 heteroatoms. The maximum atomic E-state index is 11.9. The topological polar surface area (TPSA) is 536 Å². The first-order valence-electron chi connectivity index (χ1n) is 35.0. The molecular formula is C66H112O33. The fourth-order valence-corrected chi connectivity index (χ4v) is 18.4. The van der Waals surface area contributed by atoms with E-state index in [1.165, 1.54) is 13.8 Å². The summed E-state index contributed by atoms with van der Waals surface area (Å²) in [7, 11) is 0. The molecule has 10 aliphatic rings. The van der Waals surface area contributed by atoms with Crippen molar-refractivity contribution in [1.82, 2.24) is 0 Å². The molecule has 6 heterocycles. The van der Waals surface area contributed by atoms with Crippen molar-refractivity contribution in [2.75, 3.05) is 39.6 Å². The monoisotopic (exact) mass is 1430 g/mol. The van der Waals surface area contributed by atoms with E-state index in [-0.39, 0.29) is 46.3 Å². The Morgan fingerprint density at radius 2 is 0.848 bits per heavy atom. The minimum absolute atomic E-state index is 0.0328. The number of hydrogen-bond acceptors (Lipinski definition) is 33. The zero-order chi connectivity index (χ0) is 72.7. The molecule has 9 fully saturated rings. The van der Waals surface area contributed by atoms with Crippen LogP contribution in [0, 0.1) is 45.3 Å². The van der Waals surface area contributed by atoms with Crippen molar-refractivity contribution in [3.05, 3.63) is 11.6 Å². The molecule has 0 spiro atoms. The molecule has 0 amide bonds. The maximum absolute atomic E-state index is 11.9. The molecule has 4 aliphatic carbocycles. The van der Waals surface area contributed by atoms with E-state index in [1.54, 1.807) is 0 Å². The second-order valence-electron chi connectivity index (χ2n) is 31.4.